The molecule has 1 atom stereocenters. The molecule has 0 spiro atoms. The van der Waals surface area contributed by atoms with Gasteiger partial charge in [0.2, 0.25) is 0 Å². The summed E-state index contributed by atoms with van der Waals surface area (Å²) in [6, 6.07) is 27.2. The lowest BCUT2D eigenvalue weighted by molar-refractivity contribution is -0.274. The van der Waals surface area contributed by atoms with Gasteiger partial charge in [0.25, 0.3) is 5.91 Å². The number of rotatable bonds is 10. The van der Waals surface area contributed by atoms with Crippen LogP contribution in [0.25, 0.3) is 11.1 Å². The van der Waals surface area contributed by atoms with Crippen molar-refractivity contribution in [1.29, 1.82) is 0 Å². The quantitative estimate of drug-likeness (QED) is 0.251. The van der Waals surface area contributed by atoms with Crippen molar-refractivity contribution in [1.82, 2.24) is 5.32 Å². The summed E-state index contributed by atoms with van der Waals surface area (Å²) in [7, 11) is 0. The van der Waals surface area contributed by atoms with Gasteiger partial charge in [-0.05, 0) is 58.7 Å². The van der Waals surface area contributed by atoms with Crippen molar-refractivity contribution < 1.29 is 37.3 Å². The maximum absolute atomic E-state index is 12.7. The van der Waals surface area contributed by atoms with Crippen molar-refractivity contribution in [2.24, 2.45) is 0 Å². The van der Waals surface area contributed by atoms with Gasteiger partial charge in [-0.2, -0.15) is 0 Å². The first-order valence-corrected chi connectivity index (χ1v) is 11.9. The number of ether oxygens (including phenoxy) is 2. The van der Waals surface area contributed by atoms with E-state index < -0.39 is 24.3 Å². The molecule has 39 heavy (non-hydrogen) atoms. The third-order valence-electron chi connectivity index (χ3n) is 5.78. The minimum atomic E-state index is -4.76. The highest BCUT2D eigenvalue weighted by Crippen LogP contribution is 2.27. The van der Waals surface area contributed by atoms with Gasteiger partial charge in [0.05, 0.1) is 0 Å². The second kappa shape index (κ2) is 12.2. The van der Waals surface area contributed by atoms with Crippen molar-refractivity contribution in [2.75, 3.05) is 0 Å². The van der Waals surface area contributed by atoms with Crippen LogP contribution < -0.4 is 14.8 Å². The number of hydrogen-bond donors (Lipinski definition) is 2. The maximum atomic E-state index is 12.7. The number of hydrogen-bond acceptors (Lipinski definition) is 4. The molecule has 0 aliphatic heterocycles. The van der Waals surface area contributed by atoms with Crippen molar-refractivity contribution in [3.63, 3.8) is 0 Å². The van der Waals surface area contributed by atoms with Gasteiger partial charge in [0.15, 0.2) is 0 Å². The first-order valence-electron chi connectivity index (χ1n) is 11.9. The number of carbonyl (C=O) groups is 2. The average molecular weight is 536 g/mol. The van der Waals surface area contributed by atoms with Gasteiger partial charge in [-0.25, -0.2) is 4.79 Å². The molecule has 200 valence electrons. The summed E-state index contributed by atoms with van der Waals surface area (Å²) in [4.78, 5) is 24.5. The fraction of sp³-hybridized carbons (Fsp3) is 0.133. The molecular weight excluding hydrogens is 511 g/mol. The van der Waals surface area contributed by atoms with Gasteiger partial charge < -0.3 is 19.9 Å². The van der Waals surface area contributed by atoms with E-state index in [9.17, 15) is 27.9 Å². The SMILES string of the molecule is O=C(N[C@@H](Cc1ccc(-c2ccc(OC(F)(F)F)cc2)cc1)C(=O)O)c1ccc(OCc2ccccc2)cc1. The number of carbonyl (C=O) groups excluding carboxylic acids is 1. The van der Waals surface area contributed by atoms with Crippen LogP contribution in [0.2, 0.25) is 0 Å². The molecule has 2 N–H and O–H groups in total. The fourth-order valence-corrected chi connectivity index (χ4v) is 3.80. The first-order chi connectivity index (χ1) is 18.7. The lowest BCUT2D eigenvalue weighted by Gasteiger charge is -2.15. The summed E-state index contributed by atoms with van der Waals surface area (Å²) in [5, 5.41) is 12.2. The molecule has 6 nitrogen and oxygen atoms in total. The number of carboxylic acid groups (broad SMARTS) is 1. The third-order valence-corrected chi connectivity index (χ3v) is 5.78. The second-order valence-corrected chi connectivity index (χ2v) is 8.64. The molecule has 0 unspecified atom stereocenters. The van der Waals surface area contributed by atoms with E-state index in [2.05, 4.69) is 10.1 Å². The summed E-state index contributed by atoms with van der Waals surface area (Å²) < 4.78 is 46.6. The van der Waals surface area contributed by atoms with Crippen molar-refractivity contribution >= 4 is 11.9 Å². The predicted octanol–water partition coefficient (Wildman–Crippen LogP) is 6.26. The molecule has 0 aromatic heterocycles. The monoisotopic (exact) mass is 535 g/mol. The molecule has 0 fully saturated rings. The van der Waals surface area contributed by atoms with Crippen molar-refractivity contribution in [3.05, 3.63) is 120 Å². The van der Waals surface area contributed by atoms with Crippen LogP contribution in [0.4, 0.5) is 13.2 Å². The van der Waals surface area contributed by atoms with Crippen molar-refractivity contribution in [2.45, 2.75) is 25.4 Å². The lowest BCUT2D eigenvalue weighted by Crippen LogP contribution is -2.42. The van der Waals surface area contributed by atoms with E-state index in [0.717, 1.165) is 11.1 Å². The highest BCUT2D eigenvalue weighted by Gasteiger charge is 2.31. The van der Waals surface area contributed by atoms with E-state index >= 15 is 0 Å². The molecule has 0 radical (unpaired) electrons. The number of nitrogens with one attached hydrogen (secondary N) is 1. The summed E-state index contributed by atoms with van der Waals surface area (Å²) in [6.45, 7) is 0.379. The van der Waals surface area contributed by atoms with Crippen LogP contribution in [0, 0.1) is 0 Å². The molecule has 0 saturated carbocycles. The number of benzene rings is 4. The standard InChI is InChI=1S/C30H24F3NO5/c31-30(32,33)39-26-16-10-23(11-17-26)22-8-6-20(7-9-22)18-27(29(36)37)34-28(35)24-12-14-25(15-13-24)38-19-21-4-2-1-3-5-21/h1-17,27H,18-19H2,(H,34,35)(H,36,37)/t27-/m0/s1. The predicted molar refractivity (Wildman–Crippen MR) is 138 cm³/mol. The second-order valence-electron chi connectivity index (χ2n) is 8.64. The van der Waals surface area contributed by atoms with Gasteiger partial charge in [-0.3, -0.25) is 4.79 Å². The lowest BCUT2D eigenvalue weighted by atomic mass is 10.0. The van der Waals surface area contributed by atoms with E-state index in [4.69, 9.17) is 4.74 Å². The van der Waals surface area contributed by atoms with Gasteiger partial charge in [0.1, 0.15) is 24.1 Å². The van der Waals surface area contributed by atoms with Gasteiger partial charge in [-0.1, -0.05) is 66.7 Å². The van der Waals surface area contributed by atoms with E-state index in [1.54, 1.807) is 48.5 Å². The largest absolute Gasteiger partial charge is 0.573 e. The van der Waals surface area contributed by atoms with E-state index in [-0.39, 0.29) is 12.2 Å². The molecule has 0 heterocycles. The molecule has 1 amide bonds. The summed E-state index contributed by atoms with van der Waals surface area (Å²) >= 11 is 0. The molecule has 0 bridgehead atoms. The minimum absolute atomic E-state index is 0.0397. The molecule has 4 aromatic rings. The van der Waals surface area contributed by atoms with Gasteiger partial charge in [-0.15, -0.1) is 13.2 Å². The van der Waals surface area contributed by atoms with Crippen LogP contribution in [0.3, 0.4) is 0 Å². The van der Waals surface area contributed by atoms with Crippen LogP contribution in [-0.4, -0.2) is 29.4 Å². The Balaban J connectivity index is 1.34. The Bertz CT molecular complexity index is 1390. The Morgan fingerprint density at radius 2 is 1.31 bits per heavy atom. The molecule has 4 aromatic carbocycles. The number of alkyl halides is 3. The van der Waals surface area contributed by atoms with Crippen LogP contribution in [-0.2, 0) is 17.8 Å². The zero-order valence-electron chi connectivity index (χ0n) is 20.5. The highest BCUT2D eigenvalue weighted by molar-refractivity contribution is 5.96. The smallest absolute Gasteiger partial charge is 0.489 e. The number of halogens is 3. The van der Waals surface area contributed by atoms with Gasteiger partial charge >= 0.3 is 12.3 Å². The van der Waals surface area contributed by atoms with E-state index in [0.29, 0.717) is 29.0 Å². The van der Waals surface area contributed by atoms with Crippen LogP contribution >= 0.6 is 0 Å². The Morgan fingerprint density at radius 3 is 1.87 bits per heavy atom. The molecule has 0 aliphatic rings. The molecule has 0 aliphatic carbocycles. The van der Waals surface area contributed by atoms with E-state index in [1.807, 2.05) is 30.3 Å². The van der Waals surface area contributed by atoms with E-state index in [1.165, 1.54) is 24.3 Å². The Hall–Kier alpha value is -4.79. The fourth-order valence-electron chi connectivity index (χ4n) is 3.80. The Kier molecular flexibility index (Phi) is 8.50. The number of amides is 1. The molecular formula is C30H24F3NO5. The number of carboxylic acids is 1. The average Bonchev–Trinajstić information content (AvgIpc) is 2.92. The minimum Gasteiger partial charge on any atom is -0.489 e. The zero-order chi connectivity index (χ0) is 27.8. The highest BCUT2D eigenvalue weighted by atomic mass is 19.4. The third kappa shape index (κ3) is 8.10. The zero-order valence-corrected chi connectivity index (χ0v) is 20.5. The van der Waals surface area contributed by atoms with Crippen LogP contribution in [0.1, 0.15) is 21.5 Å². The van der Waals surface area contributed by atoms with Crippen LogP contribution in [0.5, 0.6) is 11.5 Å². The normalized spacial score (nSPS) is 11.9. The van der Waals surface area contributed by atoms with Crippen molar-refractivity contribution in [3.8, 4) is 22.6 Å². The molecule has 9 heteroatoms. The summed E-state index contributed by atoms with van der Waals surface area (Å²) in [6.07, 6.45) is -4.72. The maximum Gasteiger partial charge on any atom is 0.573 e. The number of aliphatic carboxylic acids is 1. The Morgan fingerprint density at radius 1 is 0.744 bits per heavy atom. The van der Waals surface area contributed by atoms with Crippen LogP contribution in [0.15, 0.2) is 103 Å². The summed E-state index contributed by atoms with van der Waals surface area (Å²) in [5.41, 5.74) is 3.35. The molecule has 0 saturated heterocycles. The topological polar surface area (TPSA) is 84.9 Å². The van der Waals surface area contributed by atoms with Gasteiger partial charge in [0, 0.05) is 12.0 Å². The molecule has 4 rings (SSSR count). The summed E-state index contributed by atoms with van der Waals surface area (Å²) in [5.74, 6) is -1.46. The Labute approximate surface area is 222 Å². The first kappa shape index (κ1) is 27.3.